The molecule has 0 spiro atoms. The molecule has 0 saturated heterocycles. The molecule has 3 aromatic rings. The van der Waals surface area contributed by atoms with Crippen LogP contribution in [0.3, 0.4) is 0 Å². The molecule has 2 aromatic carbocycles. The number of carbonyl (C=O) groups excluding carboxylic acids is 2. The minimum absolute atomic E-state index is 0.0933. The first-order chi connectivity index (χ1) is 16.8. The second-order valence-electron chi connectivity index (χ2n) is 7.77. The lowest BCUT2D eigenvalue weighted by Gasteiger charge is -2.16. The molecule has 1 aromatic heterocycles. The molecular formula is C23H28ClN7O4. The predicted molar refractivity (Wildman–Crippen MR) is 134 cm³/mol. The molecule has 186 valence electrons. The van der Waals surface area contributed by atoms with E-state index in [0.29, 0.717) is 12.3 Å². The van der Waals surface area contributed by atoms with Gasteiger partial charge in [0.15, 0.2) is 22.5 Å². The molecule has 35 heavy (non-hydrogen) atoms. The van der Waals surface area contributed by atoms with Gasteiger partial charge < -0.3 is 37.3 Å². The van der Waals surface area contributed by atoms with E-state index in [1.807, 2.05) is 42.5 Å². The molecule has 12 heteroatoms. The number of benzene rings is 2. The summed E-state index contributed by atoms with van der Waals surface area (Å²) < 4.78 is 5.77. The van der Waals surface area contributed by atoms with Gasteiger partial charge >= 0.3 is 0 Å². The molecule has 0 aliphatic heterocycles. The number of fused-ring (bicyclic) bond motifs is 1. The lowest BCUT2D eigenvalue weighted by atomic mass is 10.1. The number of aromatic nitrogens is 2. The number of carbonyl (C=O) groups is 2. The Hall–Kier alpha value is -3.67. The predicted octanol–water partition coefficient (Wildman–Crippen LogP) is 0.712. The van der Waals surface area contributed by atoms with Crippen molar-refractivity contribution < 1.29 is 19.4 Å². The van der Waals surface area contributed by atoms with Crippen molar-refractivity contribution >= 4 is 45.8 Å². The molecular weight excluding hydrogens is 474 g/mol. The van der Waals surface area contributed by atoms with Gasteiger partial charge in [-0.05, 0) is 18.4 Å². The van der Waals surface area contributed by atoms with Crippen LogP contribution in [0.1, 0.15) is 17.4 Å². The molecule has 2 atom stereocenters. The topological polar surface area (TPSA) is 178 Å². The van der Waals surface area contributed by atoms with Gasteiger partial charge in [0.25, 0.3) is 5.91 Å². The highest BCUT2D eigenvalue weighted by molar-refractivity contribution is 6.31. The number of aliphatic hydroxyl groups excluding tert-OH is 1. The van der Waals surface area contributed by atoms with Crippen LogP contribution in [0, 0.1) is 0 Å². The Morgan fingerprint density at radius 1 is 1.09 bits per heavy atom. The zero-order valence-electron chi connectivity index (χ0n) is 19.1. The maximum Gasteiger partial charge on any atom is 0.274 e. The SMILES string of the molecule is CC(NC(=O)c1nc(Cl)c(N)nc1N)C(=O)NCCNC[C@H](O)COc1cccc2ccccc12. The second kappa shape index (κ2) is 12.2. The van der Waals surface area contributed by atoms with E-state index in [-0.39, 0.29) is 42.2 Å². The monoisotopic (exact) mass is 501 g/mol. The Morgan fingerprint density at radius 3 is 2.63 bits per heavy atom. The Kier molecular flexibility index (Phi) is 9.01. The van der Waals surface area contributed by atoms with E-state index in [4.69, 9.17) is 27.8 Å². The number of nitrogens with zero attached hydrogens (tertiary/aromatic N) is 2. The number of halogens is 1. The van der Waals surface area contributed by atoms with Crippen LogP contribution >= 0.6 is 11.6 Å². The maximum absolute atomic E-state index is 12.3. The van der Waals surface area contributed by atoms with Crippen LogP contribution in [0.4, 0.5) is 11.6 Å². The summed E-state index contributed by atoms with van der Waals surface area (Å²) >= 11 is 5.78. The van der Waals surface area contributed by atoms with Crippen LogP contribution in [0.25, 0.3) is 10.8 Å². The highest BCUT2D eigenvalue weighted by atomic mass is 35.5. The highest BCUT2D eigenvalue weighted by Gasteiger charge is 2.21. The summed E-state index contributed by atoms with van der Waals surface area (Å²) in [5.41, 5.74) is 10.9. The molecule has 0 radical (unpaired) electrons. The van der Waals surface area contributed by atoms with Crippen LogP contribution < -0.4 is 32.2 Å². The van der Waals surface area contributed by atoms with E-state index in [2.05, 4.69) is 25.9 Å². The number of hydrogen-bond acceptors (Lipinski definition) is 9. The number of rotatable bonds is 11. The van der Waals surface area contributed by atoms with Gasteiger partial charge in [-0.3, -0.25) is 9.59 Å². The summed E-state index contributed by atoms with van der Waals surface area (Å²) in [6.45, 7) is 2.60. The first-order valence-corrected chi connectivity index (χ1v) is 11.3. The lowest BCUT2D eigenvalue weighted by Crippen LogP contribution is -2.47. The van der Waals surface area contributed by atoms with Crippen LogP contribution in [-0.4, -0.2) is 65.3 Å². The Morgan fingerprint density at radius 2 is 1.83 bits per heavy atom. The minimum Gasteiger partial charge on any atom is -0.490 e. The van der Waals surface area contributed by atoms with Crippen molar-refractivity contribution in [2.24, 2.45) is 0 Å². The smallest absolute Gasteiger partial charge is 0.274 e. The summed E-state index contributed by atoms with van der Waals surface area (Å²) in [7, 11) is 0. The Bertz CT molecular complexity index is 1190. The normalized spacial score (nSPS) is 12.7. The van der Waals surface area contributed by atoms with Crippen molar-refractivity contribution in [3.05, 3.63) is 53.3 Å². The molecule has 0 aliphatic rings. The highest BCUT2D eigenvalue weighted by Crippen LogP contribution is 2.25. The van der Waals surface area contributed by atoms with Crippen LogP contribution in [0.15, 0.2) is 42.5 Å². The van der Waals surface area contributed by atoms with Crippen LogP contribution in [-0.2, 0) is 4.79 Å². The number of nitrogens with one attached hydrogen (secondary N) is 3. The molecule has 1 heterocycles. The van der Waals surface area contributed by atoms with E-state index >= 15 is 0 Å². The van der Waals surface area contributed by atoms with Gasteiger partial charge in [0.05, 0.1) is 0 Å². The van der Waals surface area contributed by atoms with E-state index in [0.717, 1.165) is 10.8 Å². The van der Waals surface area contributed by atoms with Crippen molar-refractivity contribution in [2.75, 3.05) is 37.7 Å². The average Bonchev–Trinajstić information content (AvgIpc) is 2.84. The van der Waals surface area contributed by atoms with Gasteiger partial charge in [-0.1, -0.05) is 48.0 Å². The molecule has 0 fully saturated rings. The number of nitrogens with two attached hydrogens (primary N) is 2. The number of anilines is 2. The minimum atomic E-state index is -0.861. The number of ether oxygens (including phenoxy) is 1. The average molecular weight is 502 g/mol. The lowest BCUT2D eigenvalue weighted by molar-refractivity contribution is -0.122. The molecule has 2 amide bonds. The number of amides is 2. The van der Waals surface area contributed by atoms with E-state index in [1.165, 1.54) is 6.92 Å². The van der Waals surface area contributed by atoms with Gasteiger partial charge in [0.1, 0.15) is 24.5 Å². The summed E-state index contributed by atoms with van der Waals surface area (Å²) in [4.78, 5) is 32.1. The largest absolute Gasteiger partial charge is 0.490 e. The summed E-state index contributed by atoms with van der Waals surface area (Å²) in [6, 6.07) is 12.8. The first kappa shape index (κ1) is 25.9. The zero-order chi connectivity index (χ0) is 25.4. The first-order valence-electron chi connectivity index (χ1n) is 10.9. The standard InChI is InChI=1S/C23H28ClN7O4/c1-13(29-23(34)18-20(25)31-21(26)19(24)30-18)22(33)28-10-9-27-11-15(32)12-35-17-8-4-6-14-5-2-3-7-16(14)17/h2-8,13,15,27,32H,9-12H2,1H3,(H,28,33)(H,29,34)(H4,25,26,31)/t13?,15-/m0/s1. The van der Waals surface area contributed by atoms with Crippen molar-refractivity contribution in [1.82, 2.24) is 25.9 Å². The van der Waals surface area contributed by atoms with Gasteiger partial charge in [-0.2, -0.15) is 0 Å². The molecule has 0 bridgehead atoms. The molecule has 8 N–H and O–H groups in total. The van der Waals surface area contributed by atoms with Crippen molar-refractivity contribution in [3.63, 3.8) is 0 Å². The van der Waals surface area contributed by atoms with Crippen LogP contribution in [0.2, 0.25) is 5.15 Å². The number of hydrogen-bond donors (Lipinski definition) is 6. The van der Waals surface area contributed by atoms with E-state index < -0.39 is 24.0 Å². The molecule has 11 nitrogen and oxygen atoms in total. The van der Waals surface area contributed by atoms with Crippen molar-refractivity contribution in [1.29, 1.82) is 0 Å². The molecule has 0 saturated carbocycles. The fraction of sp³-hybridized carbons (Fsp3) is 0.304. The zero-order valence-corrected chi connectivity index (χ0v) is 19.9. The van der Waals surface area contributed by atoms with Gasteiger partial charge in [-0.25, -0.2) is 9.97 Å². The molecule has 0 aliphatic carbocycles. The van der Waals surface area contributed by atoms with Gasteiger partial charge in [0.2, 0.25) is 5.91 Å². The molecule has 3 rings (SSSR count). The Labute approximate surface area is 207 Å². The van der Waals surface area contributed by atoms with E-state index in [9.17, 15) is 14.7 Å². The molecule has 1 unspecified atom stereocenters. The van der Waals surface area contributed by atoms with Crippen molar-refractivity contribution in [2.45, 2.75) is 19.1 Å². The van der Waals surface area contributed by atoms with Gasteiger partial charge in [0, 0.05) is 25.0 Å². The number of nitrogen functional groups attached to an aromatic ring is 2. The summed E-state index contributed by atoms with van der Waals surface area (Å²) in [6.07, 6.45) is -0.735. The van der Waals surface area contributed by atoms with Crippen LogP contribution in [0.5, 0.6) is 5.75 Å². The maximum atomic E-state index is 12.3. The van der Waals surface area contributed by atoms with Crippen molar-refractivity contribution in [3.8, 4) is 5.75 Å². The fourth-order valence-corrected chi connectivity index (χ4v) is 3.33. The summed E-state index contributed by atoms with van der Waals surface area (Å²) in [5.74, 6) is -0.687. The fourth-order valence-electron chi connectivity index (χ4n) is 3.20. The number of aliphatic hydroxyl groups is 1. The second-order valence-corrected chi connectivity index (χ2v) is 8.12. The Balaban J connectivity index is 1.34. The third-order valence-corrected chi connectivity index (χ3v) is 5.30. The van der Waals surface area contributed by atoms with E-state index in [1.54, 1.807) is 0 Å². The third kappa shape index (κ3) is 7.15. The quantitative estimate of drug-likeness (QED) is 0.206. The van der Waals surface area contributed by atoms with Gasteiger partial charge in [-0.15, -0.1) is 0 Å². The third-order valence-electron chi connectivity index (χ3n) is 5.02. The summed E-state index contributed by atoms with van der Waals surface area (Å²) in [5, 5.41) is 20.3.